The van der Waals surface area contributed by atoms with Gasteiger partial charge < -0.3 is 14.9 Å². The number of rotatable bonds is 9. The van der Waals surface area contributed by atoms with E-state index < -0.39 is 11.9 Å². The van der Waals surface area contributed by atoms with Gasteiger partial charge in [0.15, 0.2) is 5.79 Å². The van der Waals surface area contributed by atoms with Gasteiger partial charge in [-0.15, -0.1) is 0 Å². The Morgan fingerprint density at radius 3 is 2.45 bits per heavy atom. The lowest BCUT2D eigenvalue weighted by molar-refractivity contribution is -0.208. The first-order chi connectivity index (χ1) is 14.8. The maximum absolute atomic E-state index is 14.0. The van der Waals surface area contributed by atoms with E-state index in [0.717, 1.165) is 19.3 Å². The normalized spacial score (nSPS) is 34.5. The van der Waals surface area contributed by atoms with E-state index in [2.05, 4.69) is 38.2 Å². The molecular formula is C27H41FO3. The molecule has 3 nitrogen and oxygen atoms in total. The lowest BCUT2D eigenvalue weighted by atomic mass is 9.71. The second-order valence-corrected chi connectivity index (χ2v) is 10.0. The standard InChI is InChI=1S/C27H41FO3/c1-5-27(30,6-2)31-14-13-18(3)19(4)15-25-23-10-8-7-9-20(23)16-21-11-12-22(28)17-24(21)26(25)29/h7-12,17-21,23-26,29-30H,5-6,13-16H2,1-4H3/t18-,19?,20?,21?,23?,24?,25+,26-/m0/s1. The molecule has 0 bridgehead atoms. The molecule has 174 valence electrons. The quantitative estimate of drug-likeness (QED) is 0.442. The molecule has 3 aliphatic rings. The highest BCUT2D eigenvalue weighted by atomic mass is 19.1. The molecule has 31 heavy (non-hydrogen) atoms. The minimum absolute atomic E-state index is 0.0957. The zero-order chi connectivity index (χ0) is 22.6. The number of hydrogen-bond donors (Lipinski definition) is 2. The zero-order valence-corrected chi connectivity index (χ0v) is 19.6. The summed E-state index contributed by atoms with van der Waals surface area (Å²) < 4.78 is 19.8. The van der Waals surface area contributed by atoms with Crippen LogP contribution >= 0.6 is 0 Å². The predicted octanol–water partition coefficient (Wildman–Crippen LogP) is 5.96. The van der Waals surface area contributed by atoms with Gasteiger partial charge in [0, 0.05) is 5.92 Å². The molecule has 8 atom stereocenters. The van der Waals surface area contributed by atoms with Crippen molar-refractivity contribution < 1.29 is 19.3 Å². The number of fused-ring (bicyclic) bond motifs is 2. The molecule has 3 aliphatic carbocycles. The fraction of sp³-hybridized carbons (Fsp3) is 0.704. The summed E-state index contributed by atoms with van der Waals surface area (Å²) in [6.45, 7) is 8.90. The van der Waals surface area contributed by atoms with E-state index in [9.17, 15) is 14.6 Å². The van der Waals surface area contributed by atoms with Crippen LogP contribution in [0.4, 0.5) is 4.39 Å². The van der Waals surface area contributed by atoms with Crippen molar-refractivity contribution in [2.75, 3.05) is 6.61 Å². The number of aliphatic hydroxyl groups is 2. The van der Waals surface area contributed by atoms with Crippen LogP contribution < -0.4 is 0 Å². The first-order valence-corrected chi connectivity index (χ1v) is 12.2. The zero-order valence-electron chi connectivity index (χ0n) is 19.6. The van der Waals surface area contributed by atoms with Gasteiger partial charge in [0.25, 0.3) is 0 Å². The monoisotopic (exact) mass is 432 g/mol. The Bertz CT molecular complexity index is 705. The van der Waals surface area contributed by atoms with E-state index in [1.54, 1.807) is 12.2 Å². The van der Waals surface area contributed by atoms with Gasteiger partial charge in [-0.05, 0) is 79.8 Å². The van der Waals surface area contributed by atoms with Gasteiger partial charge in [-0.25, -0.2) is 4.39 Å². The highest BCUT2D eigenvalue weighted by Gasteiger charge is 2.44. The summed E-state index contributed by atoms with van der Waals surface area (Å²) >= 11 is 0. The number of allylic oxidation sites excluding steroid dienone is 7. The summed E-state index contributed by atoms with van der Waals surface area (Å²) in [7, 11) is 0. The SMILES string of the molecule is CCC(O)(CC)OCC[C@H](C)C(C)C[C@@H]1C2C=CC=CC2CC2C=CC(F)=CC2[C@@H]1O. The second-order valence-electron chi connectivity index (χ2n) is 10.0. The molecule has 0 radical (unpaired) electrons. The largest absolute Gasteiger partial charge is 0.392 e. The molecule has 0 amide bonds. The molecular weight excluding hydrogens is 391 g/mol. The molecule has 0 saturated heterocycles. The second kappa shape index (κ2) is 10.6. The third-order valence-electron chi connectivity index (χ3n) is 8.18. The lowest BCUT2D eigenvalue weighted by Gasteiger charge is -2.36. The average Bonchev–Trinajstić information content (AvgIpc) is 2.88. The molecule has 5 unspecified atom stereocenters. The Labute approximate surface area is 187 Å². The third kappa shape index (κ3) is 5.77. The van der Waals surface area contributed by atoms with Crippen molar-refractivity contribution in [3.05, 3.63) is 48.4 Å². The Morgan fingerprint density at radius 2 is 1.74 bits per heavy atom. The minimum atomic E-state index is -1.02. The van der Waals surface area contributed by atoms with Crippen molar-refractivity contribution in [1.82, 2.24) is 0 Å². The molecule has 2 N–H and O–H groups in total. The maximum atomic E-state index is 14.0. The van der Waals surface area contributed by atoms with Crippen LogP contribution in [-0.4, -0.2) is 28.7 Å². The fourth-order valence-electron chi connectivity index (χ4n) is 5.62. The summed E-state index contributed by atoms with van der Waals surface area (Å²) in [5.74, 6) is 0.342. The molecule has 0 spiro atoms. The number of ether oxygens (including phenoxy) is 1. The van der Waals surface area contributed by atoms with Crippen molar-refractivity contribution in [3.8, 4) is 0 Å². The highest BCUT2D eigenvalue weighted by Crippen LogP contribution is 2.47. The van der Waals surface area contributed by atoms with Crippen molar-refractivity contribution >= 4 is 0 Å². The van der Waals surface area contributed by atoms with E-state index in [1.165, 1.54) is 0 Å². The Morgan fingerprint density at radius 1 is 1.06 bits per heavy atom. The van der Waals surface area contributed by atoms with E-state index in [4.69, 9.17) is 4.74 Å². The average molecular weight is 433 g/mol. The number of halogens is 1. The van der Waals surface area contributed by atoms with Gasteiger partial charge in [-0.3, -0.25) is 0 Å². The topological polar surface area (TPSA) is 49.7 Å². The molecule has 1 fully saturated rings. The van der Waals surface area contributed by atoms with E-state index in [1.807, 2.05) is 19.9 Å². The highest BCUT2D eigenvalue weighted by molar-refractivity contribution is 5.25. The smallest absolute Gasteiger partial charge is 0.164 e. The van der Waals surface area contributed by atoms with Gasteiger partial charge in [0.2, 0.25) is 0 Å². The summed E-state index contributed by atoms with van der Waals surface area (Å²) in [6.07, 6.45) is 17.2. The summed E-state index contributed by atoms with van der Waals surface area (Å²) in [5, 5.41) is 21.8. The summed E-state index contributed by atoms with van der Waals surface area (Å²) in [5.41, 5.74) is 0. The van der Waals surface area contributed by atoms with Crippen LogP contribution in [0.1, 0.15) is 59.8 Å². The molecule has 3 rings (SSSR count). The first kappa shape index (κ1) is 24.4. The molecule has 1 saturated carbocycles. The third-order valence-corrected chi connectivity index (χ3v) is 8.18. The number of aliphatic hydroxyl groups excluding tert-OH is 1. The lowest BCUT2D eigenvalue weighted by Crippen LogP contribution is -2.36. The first-order valence-electron chi connectivity index (χ1n) is 12.2. The molecule has 0 aliphatic heterocycles. The molecule has 0 heterocycles. The van der Waals surface area contributed by atoms with Crippen molar-refractivity contribution in [3.63, 3.8) is 0 Å². The van der Waals surface area contributed by atoms with Crippen LogP contribution in [0.5, 0.6) is 0 Å². The summed E-state index contributed by atoms with van der Waals surface area (Å²) in [4.78, 5) is 0. The fourth-order valence-corrected chi connectivity index (χ4v) is 5.62. The minimum Gasteiger partial charge on any atom is -0.392 e. The Balaban J connectivity index is 1.68. The van der Waals surface area contributed by atoms with Gasteiger partial charge in [-0.1, -0.05) is 58.1 Å². The molecule has 0 aromatic carbocycles. The van der Waals surface area contributed by atoms with Crippen molar-refractivity contribution in [1.29, 1.82) is 0 Å². The van der Waals surface area contributed by atoms with E-state index in [-0.39, 0.29) is 29.5 Å². The van der Waals surface area contributed by atoms with Crippen molar-refractivity contribution in [2.24, 2.45) is 41.4 Å². The van der Waals surface area contributed by atoms with Crippen molar-refractivity contribution in [2.45, 2.75) is 71.7 Å². The molecule has 0 aromatic heterocycles. The van der Waals surface area contributed by atoms with Gasteiger partial charge >= 0.3 is 0 Å². The molecule has 0 aromatic rings. The predicted molar refractivity (Wildman–Crippen MR) is 124 cm³/mol. The van der Waals surface area contributed by atoms with E-state index in [0.29, 0.717) is 37.2 Å². The van der Waals surface area contributed by atoms with Crippen LogP contribution in [-0.2, 0) is 4.74 Å². The van der Waals surface area contributed by atoms with Gasteiger partial charge in [-0.2, -0.15) is 0 Å². The van der Waals surface area contributed by atoms with Crippen LogP contribution in [0.15, 0.2) is 48.4 Å². The number of hydrogen-bond acceptors (Lipinski definition) is 3. The van der Waals surface area contributed by atoms with Gasteiger partial charge in [0.1, 0.15) is 5.83 Å². The maximum Gasteiger partial charge on any atom is 0.164 e. The Hall–Kier alpha value is -1.23. The van der Waals surface area contributed by atoms with E-state index >= 15 is 0 Å². The van der Waals surface area contributed by atoms with Crippen LogP contribution in [0.3, 0.4) is 0 Å². The van der Waals surface area contributed by atoms with Crippen LogP contribution in [0.25, 0.3) is 0 Å². The molecule has 4 heteroatoms. The van der Waals surface area contributed by atoms with Crippen LogP contribution in [0.2, 0.25) is 0 Å². The Kier molecular flexibility index (Phi) is 8.34. The van der Waals surface area contributed by atoms with Gasteiger partial charge in [0.05, 0.1) is 12.7 Å². The summed E-state index contributed by atoms with van der Waals surface area (Å²) in [6, 6.07) is 0. The van der Waals surface area contributed by atoms with Crippen LogP contribution in [0, 0.1) is 41.4 Å².